The predicted molar refractivity (Wildman–Crippen MR) is 77.5 cm³/mol. The lowest BCUT2D eigenvalue weighted by atomic mass is 10.2. The van der Waals surface area contributed by atoms with Gasteiger partial charge in [-0.1, -0.05) is 29.3 Å². The normalized spacial score (nSPS) is 11.8. The van der Waals surface area contributed by atoms with E-state index in [-0.39, 0.29) is 13.2 Å². The number of amides is 1. The van der Waals surface area contributed by atoms with Gasteiger partial charge >= 0.3 is 5.97 Å². The Kier molecular flexibility index (Phi) is 6.26. The topological polar surface area (TPSA) is 72.6 Å². The van der Waals surface area contributed by atoms with Crippen LogP contribution in [0.5, 0.6) is 0 Å². The highest BCUT2D eigenvalue weighted by Gasteiger charge is 2.26. The summed E-state index contributed by atoms with van der Waals surface area (Å²) in [5, 5.41) is 0.956. The SMILES string of the molecule is CCOC(=O)C(N)C(=O)N(C)Cc1ccc(Cl)cc1Cl. The molecule has 0 fully saturated rings. The zero-order valence-electron chi connectivity index (χ0n) is 11.2. The van der Waals surface area contributed by atoms with Crippen molar-refractivity contribution in [2.45, 2.75) is 19.5 Å². The number of carbonyl (C=O) groups excluding carboxylic acids is 2. The molecule has 7 heteroatoms. The Morgan fingerprint density at radius 3 is 2.60 bits per heavy atom. The molecule has 1 unspecified atom stereocenters. The molecule has 1 aromatic rings. The summed E-state index contributed by atoms with van der Waals surface area (Å²) < 4.78 is 4.71. The lowest BCUT2D eigenvalue weighted by molar-refractivity contribution is -0.150. The third-order valence-corrected chi connectivity index (χ3v) is 3.19. The van der Waals surface area contributed by atoms with Crippen molar-refractivity contribution in [1.29, 1.82) is 0 Å². The van der Waals surface area contributed by atoms with Gasteiger partial charge in [0.1, 0.15) is 0 Å². The van der Waals surface area contributed by atoms with E-state index in [2.05, 4.69) is 0 Å². The van der Waals surface area contributed by atoms with Crippen LogP contribution in [0.1, 0.15) is 12.5 Å². The standard InChI is InChI=1S/C13H16Cl2N2O3/c1-3-20-13(19)11(16)12(18)17(2)7-8-4-5-9(14)6-10(8)15/h4-6,11H,3,7,16H2,1-2H3. The second-order valence-electron chi connectivity index (χ2n) is 4.16. The van der Waals surface area contributed by atoms with Gasteiger partial charge in [0.05, 0.1) is 6.61 Å². The van der Waals surface area contributed by atoms with Crippen molar-refractivity contribution in [1.82, 2.24) is 4.90 Å². The van der Waals surface area contributed by atoms with Crippen LogP contribution in [0.25, 0.3) is 0 Å². The second kappa shape index (κ2) is 7.47. The first-order valence-corrected chi connectivity index (χ1v) is 6.73. The van der Waals surface area contributed by atoms with Gasteiger partial charge in [-0.2, -0.15) is 0 Å². The van der Waals surface area contributed by atoms with Gasteiger partial charge < -0.3 is 15.4 Å². The minimum atomic E-state index is -1.33. The van der Waals surface area contributed by atoms with Gasteiger partial charge in [-0.05, 0) is 24.6 Å². The number of hydrogen-bond donors (Lipinski definition) is 1. The molecule has 0 heterocycles. The van der Waals surface area contributed by atoms with Crippen LogP contribution in [0.15, 0.2) is 18.2 Å². The number of likely N-dealkylation sites (N-methyl/N-ethyl adjacent to an activating group) is 1. The molecule has 0 aliphatic rings. The number of nitrogens with zero attached hydrogens (tertiary/aromatic N) is 1. The molecule has 0 saturated heterocycles. The van der Waals surface area contributed by atoms with Gasteiger partial charge in [-0.15, -0.1) is 0 Å². The minimum Gasteiger partial charge on any atom is -0.464 e. The highest BCUT2D eigenvalue weighted by molar-refractivity contribution is 6.35. The highest BCUT2D eigenvalue weighted by Crippen LogP contribution is 2.22. The Hall–Kier alpha value is -1.30. The van der Waals surface area contributed by atoms with E-state index in [0.29, 0.717) is 15.6 Å². The van der Waals surface area contributed by atoms with Crippen LogP contribution in [0.4, 0.5) is 0 Å². The zero-order chi connectivity index (χ0) is 15.3. The average molecular weight is 319 g/mol. The van der Waals surface area contributed by atoms with E-state index in [0.717, 1.165) is 0 Å². The zero-order valence-corrected chi connectivity index (χ0v) is 12.7. The number of nitrogens with two attached hydrogens (primary N) is 1. The predicted octanol–water partition coefficient (Wildman–Crippen LogP) is 1.84. The van der Waals surface area contributed by atoms with Crippen LogP contribution >= 0.6 is 23.2 Å². The summed E-state index contributed by atoms with van der Waals surface area (Å²) in [6.07, 6.45) is 0. The molecule has 1 rings (SSSR count). The summed E-state index contributed by atoms with van der Waals surface area (Å²) in [7, 11) is 1.53. The molecule has 1 atom stereocenters. The van der Waals surface area contributed by atoms with Crippen molar-refractivity contribution >= 4 is 35.1 Å². The molecule has 0 aliphatic carbocycles. The third kappa shape index (κ3) is 4.37. The Balaban J connectivity index is 2.72. The van der Waals surface area contributed by atoms with E-state index in [4.69, 9.17) is 33.7 Å². The maximum absolute atomic E-state index is 12.0. The molecule has 5 nitrogen and oxygen atoms in total. The molecule has 2 N–H and O–H groups in total. The highest BCUT2D eigenvalue weighted by atomic mass is 35.5. The van der Waals surface area contributed by atoms with Crippen molar-refractivity contribution in [3.8, 4) is 0 Å². The van der Waals surface area contributed by atoms with Gasteiger partial charge in [0.15, 0.2) is 6.04 Å². The molecule has 20 heavy (non-hydrogen) atoms. The van der Waals surface area contributed by atoms with Crippen LogP contribution in [0, 0.1) is 0 Å². The summed E-state index contributed by atoms with van der Waals surface area (Å²) in [5.74, 6) is -1.28. The lowest BCUT2D eigenvalue weighted by Gasteiger charge is -2.21. The van der Waals surface area contributed by atoms with Gasteiger partial charge in [0, 0.05) is 23.6 Å². The largest absolute Gasteiger partial charge is 0.464 e. The van der Waals surface area contributed by atoms with Crippen molar-refractivity contribution in [3.63, 3.8) is 0 Å². The van der Waals surface area contributed by atoms with Gasteiger partial charge in [0.25, 0.3) is 5.91 Å². The number of carbonyl (C=O) groups is 2. The number of hydrogen-bond acceptors (Lipinski definition) is 4. The fourth-order valence-electron chi connectivity index (χ4n) is 1.55. The minimum absolute atomic E-state index is 0.173. The monoisotopic (exact) mass is 318 g/mol. The van der Waals surface area contributed by atoms with Crippen LogP contribution in [-0.4, -0.2) is 36.5 Å². The molecular weight excluding hydrogens is 303 g/mol. The van der Waals surface area contributed by atoms with Crippen molar-refractivity contribution in [2.75, 3.05) is 13.7 Å². The molecular formula is C13H16Cl2N2O3. The molecule has 0 radical (unpaired) electrons. The average Bonchev–Trinajstić information content (AvgIpc) is 2.40. The summed E-state index contributed by atoms with van der Waals surface area (Å²) in [4.78, 5) is 24.7. The first-order valence-electron chi connectivity index (χ1n) is 5.98. The molecule has 1 amide bonds. The van der Waals surface area contributed by atoms with Crippen LogP contribution in [0.3, 0.4) is 0 Å². The summed E-state index contributed by atoms with van der Waals surface area (Å²) in [6, 6.07) is 3.64. The molecule has 110 valence electrons. The van der Waals surface area contributed by atoms with Crippen molar-refractivity contribution < 1.29 is 14.3 Å². The summed E-state index contributed by atoms with van der Waals surface area (Å²) in [6.45, 7) is 2.04. The smallest absolute Gasteiger partial charge is 0.332 e. The molecule has 1 aromatic carbocycles. The first-order chi connectivity index (χ1) is 9.36. The molecule has 0 aliphatic heterocycles. The molecule has 0 saturated carbocycles. The van der Waals surface area contributed by atoms with Crippen molar-refractivity contribution in [3.05, 3.63) is 33.8 Å². The van der Waals surface area contributed by atoms with Gasteiger partial charge in [-0.3, -0.25) is 4.79 Å². The maximum Gasteiger partial charge on any atom is 0.332 e. The maximum atomic E-state index is 12.0. The van der Waals surface area contributed by atoms with Crippen LogP contribution < -0.4 is 5.73 Å². The fourth-order valence-corrected chi connectivity index (χ4v) is 2.02. The van der Waals surface area contributed by atoms with Crippen LogP contribution in [0.2, 0.25) is 10.0 Å². The Bertz CT molecular complexity index is 508. The number of esters is 1. The summed E-state index contributed by atoms with van der Waals surface area (Å²) >= 11 is 11.8. The van der Waals surface area contributed by atoms with E-state index in [9.17, 15) is 9.59 Å². The second-order valence-corrected chi connectivity index (χ2v) is 5.00. The van der Waals surface area contributed by atoms with Gasteiger partial charge in [0.2, 0.25) is 0 Å². The Morgan fingerprint density at radius 1 is 1.40 bits per heavy atom. The number of benzene rings is 1. The fraction of sp³-hybridized carbons (Fsp3) is 0.385. The van der Waals surface area contributed by atoms with Crippen LogP contribution in [-0.2, 0) is 20.9 Å². The number of ether oxygens (including phenoxy) is 1. The Labute approximate surface area is 127 Å². The van der Waals surface area contributed by atoms with E-state index in [1.807, 2.05) is 0 Å². The van der Waals surface area contributed by atoms with E-state index in [1.165, 1.54) is 11.9 Å². The van der Waals surface area contributed by atoms with E-state index >= 15 is 0 Å². The molecule has 0 bridgehead atoms. The molecule has 0 spiro atoms. The first kappa shape index (κ1) is 16.8. The summed E-state index contributed by atoms with van der Waals surface area (Å²) in [5.41, 5.74) is 6.25. The number of halogens is 2. The van der Waals surface area contributed by atoms with E-state index in [1.54, 1.807) is 25.1 Å². The Morgan fingerprint density at radius 2 is 2.05 bits per heavy atom. The van der Waals surface area contributed by atoms with Crippen molar-refractivity contribution in [2.24, 2.45) is 5.73 Å². The van der Waals surface area contributed by atoms with Gasteiger partial charge in [-0.25, -0.2) is 4.79 Å². The quantitative estimate of drug-likeness (QED) is 0.664. The third-order valence-electron chi connectivity index (χ3n) is 2.61. The lowest BCUT2D eigenvalue weighted by Crippen LogP contribution is -2.47. The number of rotatable bonds is 5. The molecule has 0 aromatic heterocycles. The van der Waals surface area contributed by atoms with E-state index < -0.39 is 17.9 Å².